The van der Waals surface area contributed by atoms with E-state index in [0.29, 0.717) is 0 Å². The monoisotopic (exact) mass is 786 g/mol. The fraction of sp³-hybridized carbons (Fsp3) is 0. The van der Waals surface area contributed by atoms with E-state index in [1.807, 2.05) is 0 Å². The van der Waals surface area contributed by atoms with E-state index in [1.54, 1.807) is 0 Å². The molecule has 0 radical (unpaired) electrons. The predicted molar refractivity (Wildman–Crippen MR) is 267 cm³/mol. The molecule has 290 valence electrons. The van der Waals surface area contributed by atoms with Crippen LogP contribution in [0.1, 0.15) is 11.1 Å². The molecule has 62 heavy (non-hydrogen) atoms. The van der Waals surface area contributed by atoms with Gasteiger partial charge >= 0.3 is 0 Å². The Hall–Kier alpha value is -8.06. The van der Waals surface area contributed by atoms with Crippen LogP contribution in [0.4, 0.5) is 0 Å². The summed E-state index contributed by atoms with van der Waals surface area (Å²) in [6, 6.07) is 88.3. The summed E-state index contributed by atoms with van der Waals surface area (Å²) in [5.41, 5.74) is 17.0. The molecule has 11 aromatic carbocycles. The third-order valence-corrected chi connectivity index (χ3v) is 12.3. The Bertz CT molecular complexity index is 3270. The summed E-state index contributed by atoms with van der Waals surface area (Å²) in [7, 11) is 0. The van der Waals surface area contributed by atoms with Crippen molar-refractivity contribution in [3.63, 3.8) is 0 Å². The summed E-state index contributed by atoms with van der Waals surface area (Å²) >= 11 is 0. The van der Waals surface area contributed by atoms with Gasteiger partial charge in [-0.2, -0.15) is 0 Å². The highest BCUT2D eigenvalue weighted by Crippen LogP contribution is 2.44. The zero-order chi connectivity index (χ0) is 41.2. The van der Waals surface area contributed by atoms with Crippen LogP contribution in [0.15, 0.2) is 243 Å². The summed E-state index contributed by atoms with van der Waals surface area (Å²) in [5.74, 6) is 0. The normalized spacial score (nSPS) is 11.5. The van der Waals surface area contributed by atoms with Crippen LogP contribution in [0.5, 0.6) is 0 Å². The van der Waals surface area contributed by atoms with E-state index in [2.05, 4.69) is 255 Å². The maximum Gasteiger partial charge on any atom is -0.00264 e. The summed E-state index contributed by atoms with van der Waals surface area (Å²) in [6.07, 6.45) is 4.41. The van der Waals surface area contributed by atoms with Crippen LogP contribution in [-0.4, -0.2) is 0 Å². The van der Waals surface area contributed by atoms with Crippen LogP contribution in [-0.2, 0) is 0 Å². The van der Waals surface area contributed by atoms with Gasteiger partial charge in [-0.15, -0.1) is 0 Å². The van der Waals surface area contributed by atoms with Crippen LogP contribution in [0.3, 0.4) is 0 Å². The average Bonchev–Trinajstić information content (AvgIpc) is 3.35. The predicted octanol–water partition coefficient (Wildman–Crippen LogP) is 17.3. The van der Waals surface area contributed by atoms with Gasteiger partial charge in [0.1, 0.15) is 0 Å². The zero-order valence-corrected chi connectivity index (χ0v) is 34.2. The first kappa shape index (κ1) is 37.0. The van der Waals surface area contributed by atoms with Gasteiger partial charge in [-0.05, 0) is 128 Å². The largest absolute Gasteiger partial charge is 0.0622 e. The molecule has 0 saturated carbocycles. The number of hydrogen-bond acceptors (Lipinski definition) is 0. The molecule has 0 fully saturated rings. The Morgan fingerprint density at radius 1 is 0.210 bits per heavy atom. The second kappa shape index (κ2) is 16.2. The first-order valence-corrected chi connectivity index (χ1v) is 21.4. The molecule has 0 amide bonds. The van der Waals surface area contributed by atoms with Gasteiger partial charge in [-0.3, -0.25) is 0 Å². The quantitative estimate of drug-likeness (QED) is 0.106. The molecule has 0 atom stereocenters. The fourth-order valence-electron chi connectivity index (χ4n) is 9.17. The van der Waals surface area contributed by atoms with Gasteiger partial charge in [0.05, 0.1) is 0 Å². The topological polar surface area (TPSA) is 0 Å². The van der Waals surface area contributed by atoms with E-state index in [4.69, 9.17) is 0 Å². The van der Waals surface area contributed by atoms with Crippen molar-refractivity contribution in [2.75, 3.05) is 0 Å². The minimum atomic E-state index is 1.17. The molecule has 11 aromatic rings. The first-order valence-electron chi connectivity index (χ1n) is 21.4. The van der Waals surface area contributed by atoms with E-state index in [9.17, 15) is 0 Å². The highest BCUT2D eigenvalue weighted by molar-refractivity contribution is 6.21. The third-order valence-electron chi connectivity index (χ3n) is 12.3. The van der Waals surface area contributed by atoms with E-state index < -0.39 is 0 Å². The maximum atomic E-state index is 2.32. The molecule has 0 bridgehead atoms. The van der Waals surface area contributed by atoms with Gasteiger partial charge in [0, 0.05) is 0 Å². The molecular formula is C62H42. The lowest BCUT2D eigenvalue weighted by atomic mass is 9.85. The molecule has 11 rings (SSSR count). The van der Waals surface area contributed by atoms with E-state index in [-0.39, 0.29) is 0 Å². The van der Waals surface area contributed by atoms with Gasteiger partial charge in [-0.25, -0.2) is 0 Å². The van der Waals surface area contributed by atoms with E-state index in [1.165, 1.54) is 110 Å². The molecule has 0 spiro atoms. The van der Waals surface area contributed by atoms with Crippen molar-refractivity contribution in [3.8, 4) is 66.8 Å². The van der Waals surface area contributed by atoms with Crippen molar-refractivity contribution in [1.29, 1.82) is 0 Å². The second-order valence-corrected chi connectivity index (χ2v) is 16.1. The Morgan fingerprint density at radius 3 is 1.02 bits per heavy atom. The fourth-order valence-corrected chi connectivity index (χ4v) is 9.17. The minimum Gasteiger partial charge on any atom is -0.0622 e. The van der Waals surface area contributed by atoms with Gasteiger partial charge in [0.15, 0.2) is 0 Å². The van der Waals surface area contributed by atoms with Crippen LogP contribution >= 0.6 is 0 Å². The summed E-state index contributed by atoms with van der Waals surface area (Å²) in [6.45, 7) is 0. The molecule has 0 N–H and O–H groups in total. The number of fused-ring (bicyclic) bond motifs is 3. The SMILES string of the molecule is C(=Cc1ccc(-c2c3ccccc3c(-c3ccc(-c4cc(-c5ccccc5)cc(-c5ccccc5)c4)cc3)c3ccccc23)cc1)c1ccc(-c2cccc3ccccc23)cc1. The summed E-state index contributed by atoms with van der Waals surface area (Å²) in [4.78, 5) is 0. The molecule has 0 aromatic heterocycles. The van der Waals surface area contributed by atoms with Crippen LogP contribution in [0.25, 0.3) is 111 Å². The van der Waals surface area contributed by atoms with Gasteiger partial charge in [-0.1, -0.05) is 237 Å². The molecule has 0 aliphatic rings. The third kappa shape index (κ3) is 7.08. The maximum absolute atomic E-state index is 2.32. The van der Waals surface area contributed by atoms with Crippen molar-refractivity contribution in [2.45, 2.75) is 0 Å². The molecule has 0 heteroatoms. The average molecular weight is 787 g/mol. The highest BCUT2D eigenvalue weighted by atomic mass is 14.2. The Labute approximate surface area is 363 Å². The summed E-state index contributed by atoms with van der Waals surface area (Å²) in [5, 5.41) is 7.55. The lowest BCUT2D eigenvalue weighted by Gasteiger charge is -2.18. The van der Waals surface area contributed by atoms with Crippen molar-refractivity contribution in [3.05, 3.63) is 254 Å². The minimum absolute atomic E-state index is 1.17. The van der Waals surface area contributed by atoms with Crippen molar-refractivity contribution in [2.24, 2.45) is 0 Å². The molecule has 0 saturated heterocycles. The first-order chi connectivity index (χ1) is 30.7. The van der Waals surface area contributed by atoms with Crippen molar-refractivity contribution < 1.29 is 0 Å². The molecule has 0 nitrogen and oxygen atoms in total. The lowest BCUT2D eigenvalue weighted by Crippen LogP contribution is -1.91. The second-order valence-electron chi connectivity index (χ2n) is 16.1. The zero-order valence-electron chi connectivity index (χ0n) is 34.2. The molecule has 0 unspecified atom stereocenters. The molecule has 0 aliphatic heterocycles. The van der Waals surface area contributed by atoms with E-state index in [0.717, 1.165) is 0 Å². The Kier molecular flexibility index (Phi) is 9.65. The smallest absolute Gasteiger partial charge is 0.00264 e. The van der Waals surface area contributed by atoms with E-state index >= 15 is 0 Å². The van der Waals surface area contributed by atoms with Gasteiger partial charge in [0.25, 0.3) is 0 Å². The number of rotatable bonds is 8. The van der Waals surface area contributed by atoms with Crippen LogP contribution in [0, 0.1) is 0 Å². The Morgan fingerprint density at radius 2 is 0.548 bits per heavy atom. The van der Waals surface area contributed by atoms with Crippen LogP contribution < -0.4 is 0 Å². The number of hydrogen-bond donors (Lipinski definition) is 0. The van der Waals surface area contributed by atoms with Gasteiger partial charge < -0.3 is 0 Å². The van der Waals surface area contributed by atoms with Crippen molar-refractivity contribution >= 4 is 44.5 Å². The molecule has 0 aliphatic carbocycles. The van der Waals surface area contributed by atoms with Crippen molar-refractivity contribution in [1.82, 2.24) is 0 Å². The number of benzene rings is 11. The molecular weight excluding hydrogens is 745 g/mol. The van der Waals surface area contributed by atoms with Crippen LogP contribution in [0.2, 0.25) is 0 Å². The molecule has 0 heterocycles. The lowest BCUT2D eigenvalue weighted by molar-refractivity contribution is 1.56. The Balaban J connectivity index is 0.920. The highest BCUT2D eigenvalue weighted by Gasteiger charge is 2.17. The van der Waals surface area contributed by atoms with Gasteiger partial charge in [0.2, 0.25) is 0 Å². The standard InChI is InChI=1S/C62H42/c1-3-14-45(15-4-1)52-40-53(46-16-5-2-6-17-46)42-54(41-52)47-36-38-51(39-37-47)62-59-23-11-9-21-57(59)61(58-22-10-12-24-60(58)62)50-34-30-44(31-35-50)27-26-43-28-32-49(33-29-43)56-25-13-19-48-18-7-8-20-55(48)56/h1-42H. The summed E-state index contributed by atoms with van der Waals surface area (Å²) < 4.78 is 0.